The Morgan fingerprint density at radius 3 is 0.647 bits per heavy atom. The Bertz CT molecular complexity index is 684. The van der Waals surface area contributed by atoms with E-state index >= 15 is 0 Å². The minimum Gasteiger partial charge on any atom is -0.209 e. The van der Waals surface area contributed by atoms with Crippen molar-refractivity contribution in [3.63, 3.8) is 0 Å². The molecule has 0 radical (unpaired) electrons. The Morgan fingerprint density at radius 2 is 0.500 bits per heavy atom. The molecule has 0 aromatic rings. The molecule has 206 valence electrons. The third-order valence-electron chi connectivity index (χ3n) is 3.61. The molecule has 0 saturated heterocycles. The van der Waals surface area contributed by atoms with Crippen LogP contribution in [0.5, 0.6) is 0 Å². The molecule has 0 N–H and O–H groups in total. The summed E-state index contributed by atoms with van der Waals surface area (Å²) in [5.74, 6) is -64.4. The maximum absolute atomic E-state index is 14.0. The van der Waals surface area contributed by atoms with Crippen molar-refractivity contribution in [3.8, 4) is 0 Å². The summed E-state index contributed by atoms with van der Waals surface area (Å²) >= 11 is 0. The van der Waals surface area contributed by atoms with Crippen LogP contribution >= 0.6 is 0 Å². The molecule has 0 aliphatic rings. The van der Waals surface area contributed by atoms with Crippen LogP contribution in [0, 0.1) is 0 Å². The number of alkyl halides is 22. The van der Waals surface area contributed by atoms with Crippen LogP contribution < -0.4 is 0 Å². The molecule has 0 spiro atoms. The summed E-state index contributed by atoms with van der Waals surface area (Å²) < 4.78 is 293. The molecule has 0 amide bonds. The highest BCUT2D eigenvalue weighted by Gasteiger charge is 2.99. The summed E-state index contributed by atoms with van der Waals surface area (Å²) in [6.45, 7) is 0. The highest BCUT2D eigenvalue weighted by Crippen LogP contribution is 2.66. The fourth-order valence-corrected chi connectivity index (χ4v) is 1.78. The first-order chi connectivity index (χ1) is 14.2. The summed E-state index contributed by atoms with van der Waals surface area (Å²) in [6.07, 6.45) is -24.6. The standard InChI is InChI=1S/C10F23N/c11-1(12,5(19,20)8(24,25)26)3(15,16)7(23,34(33)10(30,31)32)4(17,18)2(13,14)6(21,22)9(27,28)29. The van der Waals surface area contributed by atoms with E-state index in [1.807, 2.05) is 0 Å². The molecule has 0 unspecified atom stereocenters. The van der Waals surface area contributed by atoms with Crippen molar-refractivity contribution < 1.29 is 101 Å². The lowest BCUT2D eigenvalue weighted by atomic mass is 9.85. The molecule has 34 heavy (non-hydrogen) atoms. The van der Waals surface area contributed by atoms with Gasteiger partial charge in [-0.05, 0) is 0 Å². The van der Waals surface area contributed by atoms with Crippen LogP contribution in [0.25, 0.3) is 0 Å². The quantitative estimate of drug-likeness (QED) is 0.176. The van der Waals surface area contributed by atoms with Crippen LogP contribution in [0.15, 0.2) is 0 Å². The Labute approximate surface area is 168 Å². The number of halogens is 23. The van der Waals surface area contributed by atoms with Gasteiger partial charge in [0.25, 0.3) is 0 Å². The molecule has 0 aliphatic carbocycles. The second-order valence-electron chi connectivity index (χ2n) is 5.81. The predicted molar refractivity (Wildman–Crippen MR) is 54.6 cm³/mol. The normalized spacial score (nSPS) is 16.9. The fraction of sp³-hybridized carbons (Fsp3) is 1.00. The topological polar surface area (TPSA) is 3.24 Å². The van der Waals surface area contributed by atoms with Crippen LogP contribution in [-0.2, 0) is 0 Å². The molecule has 1 nitrogen and oxygen atoms in total. The number of nitrogens with zero attached hydrogens (tertiary/aromatic N) is 1. The van der Waals surface area contributed by atoms with Gasteiger partial charge >= 0.3 is 60.0 Å². The van der Waals surface area contributed by atoms with E-state index in [4.69, 9.17) is 0 Å². The minimum absolute atomic E-state index is 5.29. The molecule has 0 aromatic carbocycles. The average molecular weight is 571 g/mol. The van der Waals surface area contributed by atoms with Gasteiger partial charge in [-0.25, -0.2) is 4.39 Å². The Balaban J connectivity index is 7.72. The zero-order valence-electron chi connectivity index (χ0n) is 14.1. The first-order valence-corrected chi connectivity index (χ1v) is 6.77. The molecule has 0 rings (SSSR count). The summed E-state index contributed by atoms with van der Waals surface area (Å²) in [4.78, 5) is 0. The Kier molecular flexibility index (Phi) is 7.30. The smallest absolute Gasteiger partial charge is 0.209 e. The fourth-order valence-electron chi connectivity index (χ4n) is 1.78. The Hall–Kier alpha value is -1.65. The number of rotatable bonds is 7. The molecule has 0 aromatic heterocycles. The van der Waals surface area contributed by atoms with Crippen molar-refractivity contribution in [1.82, 2.24) is 5.12 Å². The van der Waals surface area contributed by atoms with Gasteiger partial charge in [-0.2, -0.15) is 92.2 Å². The van der Waals surface area contributed by atoms with E-state index in [0.717, 1.165) is 0 Å². The first kappa shape index (κ1) is 32.4. The lowest BCUT2D eigenvalue weighted by molar-refractivity contribution is -0.514. The number of hydrogen-bond donors (Lipinski definition) is 0. The molecule has 0 atom stereocenters. The largest absolute Gasteiger partial charge is 0.490 e. The Morgan fingerprint density at radius 1 is 0.294 bits per heavy atom. The van der Waals surface area contributed by atoms with E-state index in [1.165, 1.54) is 0 Å². The lowest BCUT2D eigenvalue weighted by Crippen LogP contribution is -2.81. The maximum atomic E-state index is 14.0. The van der Waals surface area contributed by atoms with Crippen LogP contribution in [0.4, 0.5) is 101 Å². The van der Waals surface area contributed by atoms with Gasteiger partial charge in [0.2, 0.25) is 0 Å². The van der Waals surface area contributed by atoms with E-state index in [9.17, 15) is 101 Å². The second-order valence-corrected chi connectivity index (χ2v) is 5.81. The monoisotopic (exact) mass is 571 g/mol. The molecular weight excluding hydrogens is 571 g/mol. The third kappa shape index (κ3) is 3.86. The van der Waals surface area contributed by atoms with Crippen molar-refractivity contribution in [2.45, 2.75) is 60.0 Å². The van der Waals surface area contributed by atoms with E-state index in [2.05, 4.69) is 0 Å². The van der Waals surface area contributed by atoms with Crippen molar-refractivity contribution in [1.29, 1.82) is 0 Å². The molecule has 0 fully saturated rings. The first-order valence-electron chi connectivity index (χ1n) is 6.77. The summed E-state index contributed by atoms with van der Waals surface area (Å²) in [5, 5.41) is -5.29. The highest BCUT2D eigenvalue weighted by molar-refractivity contribution is 5.18. The lowest BCUT2D eigenvalue weighted by Gasteiger charge is -2.47. The number of hydrogen-bond acceptors (Lipinski definition) is 1. The van der Waals surface area contributed by atoms with Gasteiger partial charge in [0.05, 0.1) is 0 Å². The van der Waals surface area contributed by atoms with Gasteiger partial charge in [-0.3, -0.25) is 0 Å². The predicted octanol–water partition coefficient (Wildman–Crippen LogP) is 7.29. The van der Waals surface area contributed by atoms with Crippen molar-refractivity contribution in [2.75, 3.05) is 0 Å². The van der Waals surface area contributed by atoms with Crippen molar-refractivity contribution in [2.24, 2.45) is 0 Å². The molecule has 0 bridgehead atoms. The van der Waals surface area contributed by atoms with Crippen molar-refractivity contribution >= 4 is 0 Å². The molecular formula is C10F23N. The molecule has 24 heteroatoms. The SMILES string of the molecule is FN(C(F)(F)F)C(F)(C(F)(F)C(F)(F)C(F)(F)C(F)(F)F)C(F)(F)C(F)(F)C(F)(F)C(F)(F)F. The summed E-state index contributed by atoms with van der Waals surface area (Å²) in [6, 6.07) is 0. The molecule has 0 heterocycles. The van der Waals surface area contributed by atoms with E-state index in [-0.39, 0.29) is 0 Å². The van der Waals surface area contributed by atoms with Gasteiger partial charge < -0.3 is 0 Å². The maximum Gasteiger partial charge on any atom is 0.490 e. The van der Waals surface area contributed by atoms with E-state index < -0.39 is 65.1 Å². The van der Waals surface area contributed by atoms with E-state index in [0.29, 0.717) is 0 Å². The third-order valence-corrected chi connectivity index (χ3v) is 3.61. The second kappa shape index (κ2) is 7.67. The van der Waals surface area contributed by atoms with Crippen molar-refractivity contribution in [3.05, 3.63) is 0 Å². The van der Waals surface area contributed by atoms with Gasteiger partial charge in [-0.15, -0.1) is 4.48 Å². The summed E-state index contributed by atoms with van der Waals surface area (Å²) in [7, 11) is 0. The average Bonchev–Trinajstić information content (AvgIpc) is 2.56. The van der Waals surface area contributed by atoms with E-state index in [1.54, 1.807) is 0 Å². The minimum atomic E-state index is -9.53. The molecule has 0 aliphatic heterocycles. The summed E-state index contributed by atoms with van der Waals surface area (Å²) in [5.41, 5.74) is 0. The van der Waals surface area contributed by atoms with Gasteiger partial charge in [-0.1, -0.05) is 0 Å². The van der Waals surface area contributed by atoms with Crippen LogP contribution in [0.2, 0.25) is 0 Å². The van der Waals surface area contributed by atoms with Crippen LogP contribution in [-0.4, -0.2) is 65.1 Å². The zero-order chi connectivity index (χ0) is 28.6. The molecule has 0 saturated carbocycles. The van der Waals surface area contributed by atoms with Gasteiger partial charge in [0.1, 0.15) is 0 Å². The van der Waals surface area contributed by atoms with Crippen LogP contribution in [0.1, 0.15) is 0 Å². The van der Waals surface area contributed by atoms with Crippen LogP contribution in [0.3, 0.4) is 0 Å². The van der Waals surface area contributed by atoms with Gasteiger partial charge in [0.15, 0.2) is 0 Å². The zero-order valence-corrected chi connectivity index (χ0v) is 14.1. The highest BCUT2D eigenvalue weighted by atomic mass is 19.4. The van der Waals surface area contributed by atoms with Gasteiger partial charge in [0, 0.05) is 5.12 Å².